The molecule has 0 aliphatic heterocycles. The van der Waals surface area contributed by atoms with Crippen LogP contribution in [0, 0.1) is 0 Å². The van der Waals surface area contributed by atoms with Crippen LogP contribution in [0.4, 0.5) is 4.79 Å². The third-order valence-electron chi connectivity index (χ3n) is 1.43. The van der Waals surface area contributed by atoms with E-state index in [0.29, 0.717) is 0 Å². The Morgan fingerprint density at radius 2 is 2.15 bits per heavy atom. The number of alkyl carbamates (subject to hydrolysis) is 1. The van der Waals surface area contributed by atoms with Crippen molar-refractivity contribution in [3.05, 3.63) is 12.7 Å². The highest BCUT2D eigenvalue weighted by molar-refractivity contribution is 5.68. The fourth-order valence-corrected chi connectivity index (χ4v) is 0.787. The summed E-state index contributed by atoms with van der Waals surface area (Å²) in [6, 6.07) is -0.00477. The molecule has 1 amide bonds. The Labute approximate surface area is 80.2 Å². The van der Waals surface area contributed by atoms with E-state index in [1.54, 1.807) is 6.08 Å². The monoisotopic (exact) mass is 185 g/mol. The van der Waals surface area contributed by atoms with Gasteiger partial charge in [-0.25, -0.2) is 4.79 Å². The van der Waals surface area contributed by atoms with E-state index in [-0.39, 0.29) is 12.1 Å². The van der Waals surface area contributed by atoms with Crippen LogP contribution in [0.25, 0.3) is 0 Å². The number of amides is 1. The zero-order valence-electron chi connectivity index (χ0n) is 8.89. The van der Waals surface area contributed by atoms with E-state index < -0.39 is 5.60 Å². The molecule has 76 valence electrons. The number of carbonyl (C=O) groups excluding carboxylic acids is 1. The van der Waals surface area contributed by atoms with Gasteiger partial charge in [0.05, 0.1) is 0 Å². The molecule has 0 fully saturated rings. The molecule has 0 aliphatic carbocycles. The summed E-state index contributed by atoms with van der Waals surface area (Å²) in [4.78, 5) is 11.2. The summed E-state index contributed by atoms with van der Waals surface area (Å²) in [5.41, 5.74) is -0.441. The maximum absolute atomic E-state index is 11.2. The number of ether oxygens (including phenoxy) is 1. The minimum atomic E-state index is -0.441. The third kappa shape index (κ3) is 6.20. The lowest BCUT2D eigenvalue weighted by atomic mass is 10.2. The fraction of sp³-hybridized carbons (Fsp3) is 0.700. The van der Waals surface area contributed by atoms with Crippen molar-refractivity contribution in [2.45, 2.75) is 45.8 Å². The zero-order valence-corrected chi connectivity index (χ0v) is 8.89. The number of nitrogens with one attached hydrogen (secondary N) is 1. The second-order valence-corrected chi connectivity index (χ2v) is 3.90. The molecule has 0 heterocycles. The van der Waals surface area contributed by atoms with Gasteiger partial charge in [0, 0.05) is 6.04 Å². The first-order valence-electron chi connectivity index (χ1n) is 4.51. The normalized spacial score (nSPS) is 13.2. The van der Waals surface area contributed by atoms with Crippen LogP contribution in [0.3, 0.4) is 0 Å². The van der Waals surface area contributed by atoms with Gasteiger partial charge < -0.3 is 10.1 Å². The predicted molar refractivity (Wildman–Crippen MR) is 53.6 cm³/mol. The largest absolute Gasteiger partial charge is 0.444 e. The molecular formula is C10H19NO2. The first-order chi connectivity index (χ1) is 5.89. The fourth-order valence-electron chi connectivity index (χ4n) is 0.787. The van der Waals surface area contributed by atoms with Gasteiger partial charge in [0.1, 0.15) is 5.60 Å². The molecule has 0 aliphatic rings. The standard InChI is InChI=1S/C10H19NO2/c1-6-8(7-2)11-9(12)13-10(3,4)5/h6,8H,1,7H2,2-5H3,(H,11,12). The van der Waals surface area contributed by atoms with Gasteiger partial charge in [-0.1, -0.05) is 13.0 Å². The highest BCUT2D eigenvalue weighted by Crippen LogP contribution is 2.07. The molecule has 13 heavy (non-hydrogen) atoms. The smallest absolute Gasteiger partial charge is 0.408 e. The number of carbonyl (C=O) groups is 1. The minimum Gasteiger partial charge on any atom is -0.444 e. The highest BCUT2D eigenvalue weighted by atomic mass is 16.6. The second kappa shape index (κ2) is 4.90. The molecule has 0 spiro atoms. The Balaban J connectivity index is 3.93. The van der Waals surface area contributed by atoms with Crippen LogP contribution in [0.2, 0.25) is 0 Å². The maximum Gasteiger partial charge on any atom is 0.408 e. The molecule has 0 aromatic carbocycles. The van der Waals surface area contributed by atoms with Crippen LogP contribution in [0.5, 0.6) is 0 Å². The molecule has 0 aromatic heterocycles. The Kier molecular flexibility index (Phi) is 4.52. The number of hydrogen-bond acceptors (Lipinski definition) is 2. The van der Waals surface area contributed by atoms with Crippen molar-refractivity contribution in [2.24, 2.45) is 0 Å². The SMILES string of the molecule is C=CC(CC)NC(=O)OC(C)(C)C. The highest BCUT2D eigenvalue weighted by Gasteiger charge is 2.17. The van der Waals surface area contributed by atoms with Crippen LogP contribution in [0.15, 0.2) is 12.7 Å². The molecule has 0 aromatic rings. The Morgan fingerprint density at radius 3 is 2.46 bits per heavy atom. The van der Waals surface area contributed by atoms with Gasteiger partial charge in [0.15, 0.2) is 0 Å². The van der Waals surface area contributed by atoms with Crippen molar-refractivity contribution >= 4 is 6.09 Å². The number of rotatable bonds is 3. The summed E-state index contributed by atoms with van der Waals surface area (Å²) >= 11 is 0. The van der Waals surface area contributed by atoms with Crippen LogP contribution in [-0.2, 0) is 4.74 Å². The van der Waals surface area contributed by atoms with Crippen LogP contribution in [0.1, 0.15) is 34.1 Å². The molecule has 3 heteroatoms. The summed E-state index contributed by atoms with van der Waals surface area (Å²) in [5, 5.41) is 2.69. The number of hydrogen-bond donors (Lipinski definition) is 1. The molecule has 0 bridgehead atoms. The molecule has 0 saturated heterocycles. The minimum absolute atomic E-state index is 0.00477. The van der Waals surface area contributed by atoms with E-state index in [1.807, 2.05) is 27.7 Å². The third-order valence-corrected chi connectivity index (χ3v) is 1.43. The van der Waals surface area contributed by atoms with Crippen LogP contribution in [-0.4, -0.2) is 17.7 Å². The lowest BCUT2D eigenvalue weighted by Gasteiger charge is -2.21. The van der Waals surface area contributed by atoms with Crippen molar-refractivity contribution in [2.75, 3.05) is 0 Å². The molecular weight excluding hydrogens is 166 g/mol. The Hall–Kier alpha value is -0.990. The maximum atomic E-state index is 11.2. The first-order valence-corrected chi connectivity index (χ1v) is 4.51. The summed E-state index contributed by atoms with van der Waals surface area (Å²) in [5.74, 6) is 0. The average Bonchev–Trinajstić information content (AvgIpc) is 1.96. The summed E-state index contributed by atoms with van der Waals surface area (Å²) < 4.78 is 5.07. The molecule has 1 N–H and O–H groups in total. The van der Waals surface area contributed by atoms with E-state index in [9.17, 15) is 4.79 Å². The lowest BCUT2D eigenvalue weighted by Crippen LogP contribution is -2.37. The lowest BCUT2D eigenvalue weighted by molar-refractivity contribution is 0.0513. The van der Waals surface area contributed by atoms with Crippen molar-refractivity contribution in [3.8, 4) is 0 Å². The topological polar surface area (TPSA) is 38.3 Å². The van der Waals surface area contributed by atoms with Gasteiger partial charge in [-0.3, -0.25) is 0 Å². The van der Waals surface area contributed by atoms with E-state index in [2.05, 4.69) is 11.9 Å². The van der Waals surface area contributed by atoms with E-state index in [4.69, 9.17) is 4.74 Å². The molecule has 1 atom stereocenters. The van der Waals surface area contributed by atoms with Gasteiger partial charge in [0.25, 0.3) is 0 Å². The average molecular weight is 185 g/mol. The quantitative estimate of drug-likeness (QED) is 0.686. The zero-order chi connectivity index (χ0) is 10.5. The Morgan fingerprint density at radius 1 is 1.62 bits per heavy atom. The molecule has 0 radical (unpaired) electrons. The first kappa shape index (κ1) is 12.0. The van der Waals surface area contributed by atoms with Crippen molar-refractivity contribution in [1.29, 1.82) is 0 Å². The summed E-state index contributed by atoms with van der Waals surface area (Å²) in [6.45, 7) is 11.1. The van der Waals surface area contributed by atoms with Crippen molar-refractivity contribution < 1.29 is 9.53 Å². The van der Waals surface area contributed by atoms with E-state index in [1.165, 1.54) is 0 Å². The van der Waals surface area contributed by atoms with Gasteiger partial charge in [-0.2, -0.15) is 0 Å². The predicted octanol–water partition coefficient (Wildman–Crippen LogP) is 2.48. The van der Waals surface area contributed by atoms with Gasteiger partial charge >= 0.3 is 6.09 Å². The van der Waals surface area contributed by atoms with Gasteiger partial charge in [-0.05, 0) is 27.2 Å². The molecule has 0 saturated carbocycles. The molecule has 1 unspecified atom stereocenters. The van der Waals surface area contributed by atoms with Crippen molar-refractivity contribution in [3.63, 3.8) is 0 Å². The molecule has 0 rings (SSSR count). The van der Waals surface area contributed by atoms with Gasteiger partial charge in [0.2, 0.25) is 0 Å². The van der Waals surface area contributed by atoms with Crippen LogP contribution < -0.4 is 5.32 Å². The molecule has 3 nitrogen and oxygen atoms in total. The summed E-state index contributed by atoms with van der Waals surface area (Å²) in [6.07, 6.45) is 2.13. The van der Waals surface area contributed by atoms with Crippen molar-refractivity contribution in [1.82, 2.24) is 5.32 Å². The van der Waals surface area contributed by atoms with E-state index in [0.717, 1.165) is 6.42 Å². The second-order valence-electron chi connectivity index (χ2n) is 3.90. The van der Waals surface area contributed by atoms with E-state index >= 15 is 0 Å². The van der Waals surface area contributed by atoms with Crippen LogP contribution >= 0.6 is 0 Å². The Bertz CT molecular complexity index is 182. The van der Waals surface area contributed by atoms with Gasteiger partial charge in [-0.15, -0.1) is 6.58 Å². The summed E-state index contributed by atoms with van der Waals surface area (Å²) in [7, 11) is 0.